The minimum Gasteiger partial charge on any atom is -0.488 e. The minimum atomic E-state index is -0.234. The van der Waals surface area contributed by atoms with Crippen LogP contribution in [-0.2, 0) is 4.74 Å². The second-order valence-electron chi connectivity index (χ2n) is 4.99. The first-order valence-electron chi connectivity index (χ1n) is 5.98. The normalized spacial score (nSPS) is 11.1. The summed E-state index contributed by atoms with van der Waals surface area (Å²) in [7, 11) is 1.60. The van der Waals surface area contributed by atoms with Crippen molar-refractivity contribution in [1.29, 1.82) is 0 Å². The van der Waals surface area contributed by atoms with Crippen molar-refractivity contribution in [1.82, 2.24) is 5.32 Å². The second-order valence-corrected chi connectivity index (χ2v) is 4.99. The number of nitrogens with one attached hydrogen (secondary N) is 1. The molecule has 0 aromatic heterocycles. The highest BCUT2D eigenvalue weighted by atomic mass is 16.5. The van der Waals surface area contributed by atoms with E-state index in [9.17, 15) is 4.79 Å². The van der Waals surface area contributed by atoms with E-state index >= 15 is 0 Å². The third kappa shape index (κ3) is 5.19. The average Bonchev–Trinajstić information content (AvgIpc) is 2.28. The van der Waals surface area contributed by atoms with Crippen molar-refractivity contribution >= 4 is 5.91 Å². The van der Waals surface area contributed by atoms with Crippen LogP contribution in [0, 0.1) is 0 Å². The Hall–Kier alpha value is -1.55. The van der Waals surface area contributed by atoms with Crippen molar-refractivity contribution in [3.63, 3.8) is 0 Å². The molecular weight excluding hydrogens is 230 g/mol. The van der Waals surface area contributed by atoms with Gasteiger partial charge in [0.15, 0.2) is 0 Å². The molecule has 0 aliphatic carbocycles. The van der Waals surface area contributed by atoms with Crippen LogP contribution >= 0.6 is 0 Å². The number of carbonyl (C=O) groups is 1. The first kappa shape index (κ1) is 14.5. The Kier molecular flexibility index (Phi) is 5.16. The quantitative estimate of drug-likeness (QED) is 0.816. The van der Waals surface area contributed by atoms with Crippen LogP contribution in [0.2, 0.25) is 0 Å². The van der Waals surface area contributed by atoms with Gasteiger partial charge in [-0.15, -0.1) is 0 Å². The van der Waals surface area contributed by atoms with Crippen molar-refractivity contribution in [2.45, 2.75) is 26.4 Å². The highest BCUT2D eigenvalue weighted by Gasteiger charge is 2.12. The number of carbonyl (C=O) groups excluding carboxylic acids is 1. The summed E-state index contributed by atoms with van der Waals surface area (Å²) in [6.45, 7) is 6.97. The number of benzene rings is 1. The van der Waals surface area contributed by atoms with Crippen LogP contribution in [-0.4, -0.2) is 31.8 Å². The molecule has 0 bridgehead atoms. The molecule has 1 amide bonds. The van der Waals surface area contributed by atoms with E-state index in [1.165, 1.54) is 0 Å². The lowest BCUT2D eigenvalue weighted by atomic mass is 10.1. The molecule has 0 radical (unpaired) electrons. The Morgan fingerprint density at radius 3 is 2.33 bits per heavy atom. The molecule has 1 aromatic rings. The molecule has 18 heavy (non-hydrogen) atoms. The first-order valence-corrected chi connectivity index (χ1v) is 5.98. The molecule has 0 aliphatic rings. The van der Waals surface area contributed by atoms with E-state index in [2.05, 4.69) is 5.32 Å². The van der Waals surface area contributed by atoms with Crippen LogP contribution in [0.1, 0.15) is 31.1 Å². The van der Waals surface area contributed by atoms with Gasteiger partial charge >= 0.3 is 0 Å². The lowest BCUT2D eigenvalue weighted by molar-refractivity contribution is 0.0937. The molecule has 0 heterocycles. The lowest BCUT2D eigenvalue weighted by Gasteiger charge is -2.21. The Morgan fingerprint density at radius 1 is 1.22 bits per heavy atom. The van der Waals surface area contributed by atoms with Crippen molar-refractivity contribution in [3.8, 4) is 5.75 Å². The zero-order valence-electron chi connectivity index (χ0n) is 11.4. The average molecular weight is 251 g/mol. The van der Waals surface area contributed by atoms with Gasteiger partial charge in [0, 0.05) is 19.2 Å². The van der Waals surface area contributed by atoms with Crippen molar-refractivity contribution < 1.29 is 14.3 Å². The van der Waals surface area contributed by atoms with Gasteiger partial charge in [0.25, 0.3) is 5.91 Å². The molecular formula is C14H21NO3. The molecule has 0 spiro atoms. The summed E-state index contributed by atoms with van der Waals surface area (Å²) in [4.78, 5) is 11.7. The molecule has 0 unspecified atom stereocenters. The van der Waals surface area contributed by atoms with Gasteiger partial charge in [0.1, 0.15) is 11.4 Å². The summed E-state index contributed by atoms with van der Waals surface area (Å²) in [6.07, 6.45) is 0. The fourth-order valence-electron chi connectivity index (χ4n) is 1.40. The fourth-order valence-corrected chi connectivity index (χ4v) is 1.40. The molecule has 1 aromatic carbocycles. The number of hydrogen-bond donors (Lipinski definition) is 1. The highest BCUT2D eigenvalue weighted by molar-refractivity contribution is 5.94. The van der Waals surface area contributed by atoms with Gasteiger partial charge in [-0.25, -0.2) is 0 Å². The molecule has 0 saturated heterocycles. The lowest BCUT2D eigenvalue weighted by Crippen LogP contribution is -2.27. The molecule has 1 N–H and O–H groups in total. The number of hydrogen-bond acceptors (Lipinski definition) is 3. The van der Waals surface area contributed by atoms with E-state index in [0.29, 0.717) is 18.7 Å². The molecule has 0 fully saturated rings. The molecule has 0 atom stereocenters. The molecule has 0 aliphatic heterocycles. The van der Waals surface area contributed by atoms with Gasteiger partial charge in [-0.2, -0.15) is 0 Å². The monoisotopic (exact) mass is 251 g/mol. The van der Waals surface area contributed by atoms with Crippen LogP contribution in [0.3, 0.4) is 0 Å². The SMILES string of the molecule is COCCNC(=O)c1ccc(OC(C)(C)C)cc1. The molecule has 4 nitrogen and oxygen atoms in total. The van der Waals surface area contributed by atoms with Gasteiger partial charge in [0.05, 0.1) is 6.61 Å². The van der Waals surface area contributed by atoms with E-state index in [1.807, 2.05) is 20.8 Å². The van der Waals surface area contributed by atoms with Gasteiger partial charge in [0.2, 0.25) is 0 Å². The predicted octanol–water partition coefficient (Wildman–Crippen LogP) is 2.24. The minimum absolute atomic E-state index is 0.102. The molecule has 1 rings (SSSR count). The maximum Gasteiger partial charge on any atom is 0.251 e. The maximum absolute atomic E-state index is 11.7. The van der Waals surface area contributed by atoms with Gasteiger partial charge in [-0.05, 0) is 45.0 Å². The maximum atomic E-state index is 11.7. The summed E-state index contributed by atoms with van der Waals surface area (Å²) >= 11 is 0. The number of methoxy groups -OCH3 is 1. The van der Waals surface area contributed by atoms with Gasteiger partial charge in [-0.3, -0.25) is 4.79 Å². The van der Waals surface area contributed by atoms with Gasteiger partial charge < -0.3 is 14.8 Å². The zero-order valence-corrected chi connectivity index (χ0v) is 11.4. The van der Waals surface area contributed by atoms with E-state index in [4.69, 9.17) is 9.47 Å². The van der Waals surface area contributed by atoms with Crippen LogP contribution in [0.4, 0.5) is 0 Å². The molecule has 4 heteroatoms. The van der Waals surface area contributed by atoms with Crippen LogP contribution in [0.5, 0.6) is 5.75 Å². The van der Waals surface area contributed by atoms with Gasteiger partial charge in [-0.1, -0.05) is 0 Å². The Morgan fingerprint density at radius 2 is 1.83 bits per heavy atom. The highest BCUT2D eigenvalue weighted by Crippen LogP contribution is 2.18. The molecule has 100 valence electrons. The molecule has 0 saturated carbocycles. The summed E-state index contributed by atoms with van der Waals surface area (Å²) in [5.74, 6) is 0.658. The summed E-state index contributed by atoms with van der Waals surface area (Å²) < 4.78 is 10.6. The Bertz CT molecular complexity index is 379. The smallest absolute Gasteiger partial charge is 0.251 e. The summed E-state index contributed by atoms with van der Waals surface area (Å²) in [5.41, 5.74) is 0.384. The topological polar surface area (TPSA) is 47.6 Å². The van der Waals surface area contributed by atoms with E-state index in [-0.39, 0.29) is 11.5 Å². The van der Waals surface area contributed by atoms with Crippen molar-refractivity contribution in [2.24, 2.45) is 0 Å². The largest absolute Gasteiger partial charge is 0.488 e. The second kappa shape index (κ2) is 6.40. The van der Waals surface area contributed by atoms with E-state index < -0.39 is 0 Å². The number of rotatable bonds is 5. The van der Waals surface area contributed by atoms with E-state index in [1.54, 1.807) is 31.4 Å². The fraction of sp³-hybridized carbons (Fsp3) is 0.500. The number of ether oxygens (including phenoxy) is 2. The standard InChI is InChI=1S/C14H21NO3/c1-14(2,3)18-12-7-5-11(6-8-12)13(16)15-9-10-17-4/h5-8H,9-10H2,1-4H3,(H,15,16). The van der Waals surface area contributed by atoms with Crippen LogP contribution < -0.4 is 10.1 Å². The van der Waals surface area contributed by atoms with Crippen LogP contribution in [0.15, 0.2) is 24.3 Å². The third-order valence-electron chi connectivity index (χ3n) is 2.13. The number of amides is 1. The predicted molar refractivity (Wildman–Crippen MR) is 71.0 cm³/mol. The van der Waals surface area contributed by atoms with Crippen LogP contribution in [0.25, 0.3) is 0 Å². The van der Waals surface area contributed by atoms with Crippen molar-refractivity contribution in [3.05, 3.63) is 29.8 Å². The van der Waals surface area contributed by atoms with E-state index in [0.717, 1.165) is 5.75 Å². The zero-order chi connectivity index (χ0) is 13.6. The summed E-state index contributed by atoms with van der Waals surface area (Å²) in [6, 6.07) is 7.11. The first-order chi connectivity index (χ1) is 8.42. The van der Waals surface area contributed by atoms with Crippen molar-refractivity contribution in [2.75, 3.05) is 20.3 Å². The Labute approximate surface area is 108 Å². The summed E-state index contributed by atoms with van der Waals surface area (Å²) in [5, 5.41) is 2.76. The third-order valence-corrected chi connectivity index (χ3v) is 2.13. The Balaban J connectivity index is 2.57.